The van der Waals surface area contributed by atoms with Crippen molar-refractivity contribution in [1.29, 1.82) is 0 Å². The highest BCUT2D eigenvalue weighted by molar-refractivity contribution is 14.1. The van der Waals surface area contributed by atoms with Crippen LogP contribution >= 0.6 is 22.6 Å². The Balaban J connectivity index is 1.57. The van der Waals surface area contributed by atoms with Gasteiger partial charge < -0.3 is 50.0 Å². The second-order valence-corrected chi connectivity index (χ2v) is 18.2. The van der Waals surface area contributed by atoms with Gasteiger partial charge in [-0.15, -0.1) is 0 Å². The molecule has 2 fully saturated rings. The fourth-order valence-corrected chi connectivity index (χ4v) is 9.12. The minimum atomic E-state index is -1.88. The van der Waals surface area contributed by atoms with Crippen LogP contribution in [0.2, 0.25) is 0 Å². The van der Waals surface area contributed by atoms with Crippen molar-refractivity contribution in [2.75, 3.05) is 33.7 Å². The van der Waals surface area contributed by atoms with Gasteiger partial charge in [-0.25, -0.2) is 0 Å². The van der Waals surface area contributed by atoms with E-state index in [1.807, 2.05) is 80.2 Å². The Morgan fingerprint density at radius 1 is 1.02 bits per heavy atom. The van der Waals surface area contributed by atoms with E-state index < -0.39 is 69.9 Å². The summed E-state index contributed by atoms with van der Waals surface area (Å²) in [6.07, 6.45) is -4.74. The molecular weight excluding hydrogens is 833 g/mol. The Morgan fingerprint density at radius 3 is 2.36 bits per heavy atom. The van der Waals surface area contributed by atoms with Crippen LogP contribution in [-0.4, -0.2) is 145 Å². The van der Waals surface area contributed by atoms with E-state index in [0.29, 0.717) is 32.5 Å². The number of rotatable bonds is 9. The van der Waals surface area contributed by atoms with Crippen molar-refractivity contribution < 1.29 is 49.3 Å². The van der Waals surface area contributed by atoms with Gasteiger partial charge in [0.1, 0.15) is 17.8 Å². The molecule has 2 aliphatic rings. The summed E-state index contributed by atoms with van der Waals surface area (Å²) in [6.45, 7) is 13.1. The number of esters is 1. The number of cyclic esters (lactones) is 1. The zero-order valence-corrected chi connectivity index (χ0v) is 36.6. The van der Waals surface area contributed by atoms with Crippen LogP contribution in [0.4, 0.5) is 0 Å². The van der Waals surface area contributed by atoms with Crippen molar-refractivity contribution in [1.82, 2.24) is 15.1 Å². The fraction of sp³-hybridized carbons (Fsp3) is 0.714. The summed E-state index contributed by atoms with van der Waals surface area (Å²) >= 11 is 1.79. The number of carbonyl (C=O) groups excluding carboxylic acids is 2. The number of likely N-dealkylation sites (N-methyl/N-ethyl adjacent to an activating group) is 1. The molecule has 2 aromatic rings. The third-order valence-corrected chi connectivity index (χ3v) is 13.4. The number of fused-ring (bicyclic) bond motifs is 1. The summed E-state index contributed by atoms with van der Waals surface area (Å²) in [5.41, 5.74) is -2.54. The largest absolute Gasteiger partial charge is 0.448 e. The van der Waals surface area contributed by atoms with Gasteiger partial charge in [-0.1, -0.05) is 56.3 Å². The van der Waals surface area contributed by atoms with E-state index in [1.54, 1.807) is 43.4 Å². The van der Waals surface area contributed by atoms with Crippen LogP contribution in [0.3, 0.4) is 0 Å². The van der Waals surface area contributed by atoms with E-state index in [9.17, 15) is 35.1 Å². The monoisotopic (exact) mass is 899 g/mol. The van der Waals surface area contributed by atoms with Crippen LogP contribution < -0.4 is 5.32 Å². The third-order valence-electron chi connectivity index (χ3n) is 11.9. The number of halogens is 1. The van der Waals surface area contributed by atoms with Gasteiger partial charge in [0.05, 0.1) is 36.3 Å². The molecule has 2 saturated heterocycles. The number of ether oxygens (including phenoxy) is 3. The van der Waals surface area contributed by atoms with Crippen molar-refractivity contribution in [2.24, 2.45) is 17.8 Å². The second kappa shape index (κ2) is 19.8. The molecule has 14 heteroatoms. The molecular formula is C42H66IN3O10. The average molecular weight is 900 g/mol. The van der Waals surface area contributed by atoms with Crippen LogP contribution in [0.15, 0.2) is 42.5 Å². The van der Waals surface area contributed by atoms with Crippen LogP contribution in [0, 0.1) is 17.8 Å². The molecule has 0 radical (unpaired) electrons. The van der Waals surface area contributed by atoms with Crippen molar-refractivity contribution in [2.45, 2.75) is 138 Å². The Bertz CT molecular complexity index is 1590. The molecule has 0 spiro atoms. The summed E-state index contributed by atoms with van der Waals surface area (Å²) in [7, 11) is 3.73. The third kappa shape index (κ3) is 11.4. The normalized spacial score (nSPS) is 38.5. The van der Waals surface area contributed by atoms with Crippen LogP contribution in [-0.2, 0) is 30.2 Å². The molecule has 0 unspecified atom stereocenters. The summed E-state index contributed by atoms with van der Waals surface area (Å²) in [5.74, 6) is -3.07. The highest BCUT2D eigenvalue weighted by Gasteiger charge is 2.50. The minimum absolute atomic E-state index is 0.108. The lowest BCUT2D eigenvalue weighted by molar-refractivity contribution is -0.299. The standard InChI is InChI=1S/C42H66IN3O10/c1-24-22-41(6,52)37(55-39-35(49)32(45(8)9)20-25(2)54-39)26(3)34(48)27(4)38(51)56-40(43)42(7,53)36(50)28(5)46(23-24)19-13-18-44-33(47)21-30-16-12-15-29-14-10-11-17-31(29)30/h10-12,14-17,24-28,32,34-37,39-40,48-50,52-53H,13,18-23H2,1-9H3,(H,44,47)/t24-,25-,26+,27-,28-,32+,34+,35-,36-,37-,39+,40+,41-,42+/m1/s1. The van der Waals surface area contributed by atoms with Crippen LogP contribution in [0.25, 0.3) is 10.8 Å². The SMILES string of the molecule is C[C@H]1CN(CCCNC(=O)Cc2cccc3ccccc23)[C@H](C)[C@@H](O)[C@](C)(O)[C@@H](I)OC(=O)[C@H](C)[C@@H](O)[C@H](C)[C@@H](O[C@@H]2O[C@H](C)C[C@H](N(C)C)[C@H]2O)[C@](C)(O)C1. The molecule has 6 N–H and O–H groups in total. The lowest BCUT2D eigenvalue weighted by Crippen LogP contribution is -2.59. The van der Waals surface area contributed by atoms with Crippen LogP contribution in [0.5, 0.6) is 0 Å². The summed E-state index contributed by atoms with van der Waals surface area (Å²) < 4.78 is 17.1. The predicted octanol–water partition coefficient (Wildman–Crippen LogP) is 3.23. The first-order chi connectivity index (χ1) is 26.1. The highest BCUT2D eigenvalue weighted by Crippen LogP contribution is 2.37. The molecule has 316 valence electrons. The quantitative estimate of drug-likeness (QED) is 0.0939. The molecule has 4 rings (SSSR count). The maximum absolute atomic E-state index is 13.5. The molecule has 2 aromatic carbocycles. The number of alkyl halides is 1. The highest BCUT2D eigenvalue weighted by atomic mass is 127. The van der Waals surface area contributed by atoms with Gasteiger partial charge in [-0.2, -0.15) is 0 Å². The van der Waals surface area contributed by atoms with Crippen molar-refractivity contribution in [3.8, 4) is 0 Å². The zero-order valence-electron chi connectivity index (χ0n) is 34.5. The van der Waals surface area contributed by atoms with Crippen molar-refractivity contribution in [3.05, 3.63) is 48.0 Å². The molecule has 2 aliphatic heterocycles. The van der Waals surface area contributed by atoms with Gasteiger partial charge in [-0.05, 0) is 113 Å². The zero-order chi connectivity index (χ0) is 41.7. The number of benzene rings is 2. The van der Waals surface area contributed by atoms with E-state index in [0.717, 1.165) is 16.3 Å². The molecule has 2 heterocycles. The van der Waals surface area contributed by atoms with Crippen molar-refractivity contribution in [3.63, 3.8) is 0 Å². The van der Waals surface area contributed by atoms with Crippen LogP contribution in [0.1, 0.15) is 73.3 Å². The van der Waals surface area contributed by atoms with Gasteiger partial charge in [0.15, 0.2) is 10.4 Å². The first-order valence-electron chi connectivity index (χ1n) is 19.9. The number of hydrogen-bond acceptors (Lipinski definition) is 12. The van der Waals surface area contributed by atoms with Crippen molar-refractivity contribution >= 4 is 45.2 Å². The molecule has 0 aliphatic carbocycles. The Labute approximate surface area is 346 Å². The lowest BCUT2D eigenvalue weighted by Gasteiger charge is -2.46. The molecule has 0 bridgehead atoms. The number of amides is 1. The molecule has 56 heavy (non-hydrogen) atoms. The van der Waals surface area contributed by atoms with E-state index >= 15 is 0 Å². The molecule has 0 aromatic heterocycles. The second-order valence-electron chi connectivity index (χ2n) is 17.1. The maximum Gasteiger partial charge on any atom is 0.312 e. The number of aliphatic hydroxyl groups is 5. The first-order valence-corrected chi connectivity index (χ1v) is 21.2. The van der Waals surface area contributed by atoms with E-state index in [4.69, 9.17) is 14.2 Å². The first kappa shape index (κ1) is 46.7. The molecule has 14 atom stereocenters. The van der Waals surface area contributed by atoms with E-state index in [1.165, 1.54) is 13.8 Å². The Hall–Kier alpha value is -1.99. The van der Waals surface area contributed by atoms with E-state index in [2.05, 4.69) is 5.32 Å². The summed E-state index contributed by atoms with van der Waals surface area (Å²) in [6, 6.07) is 12.9. The summed E-state index contributed by atoms with van der Waals surface area (Å²) in [4.78, 5) is 30.5. The number of carbonyl (C=O) groups is 2. The van der Waals surface area contributed by atoms with Gasteiger partial charge in [0, 0.05) is 37.6 Å². The number of nitrogens with one attached hydrogen (secondary N) is 1. The van der Waals surface area contributed by atoms with Gasteiger partial charge in [0.2, 0.25) is 5.91 Å². The minimum Gasteiger partial charge on any atom is -0.448 e. The topological polar surface area (TPSA) is 181 Å². The Kier molecular flexibility index (Phi) is 16.5. The Morgan fingerprint density at radius 2 is 1.68 bits per heavy atom. The molecule has 0 saturated carbocycles. The smallest absolute Gasteiger partial charge is 0.312 e. The fourth-order valence-electron chi connectivity index (χ4n) is 8.50. The lowest BCUT2D eigenvalue weighted by atomic mass is 9.78. The summed E-state index contributed by atoms with van der Waals surface area (Å²) in [5, 5.41) is 63.7. The number of hydrogen-bond donors (Lipinski definition) is 6. The molecule has 1 amide bonds. The van der Waals surface area contributed by atoms with Gasteiger partial charge in [0.25, 0.3) is 0 Å². The predicted molar refractivity (Wildman–Crippen MR) is 223 cm³/mol. The average Bonchev–Trinajstić information content (AvgIpc) is 3.13. The van der Waals surface area contributed by atoms with E-state index in [-0.39, 0.29) is 36.8 Å². The number of aliphatic hydroxyl groups excluding tert-OH is 3. The number of nitrogens with zero attached hydrogens (tertiary/aromatic N) is 2. The molecule has 13 nitrogen and oxygen atoms in total. The van der Waals surface area contributed by atoms with Gasteiger partial charge >= 0.3 is 5.97 Å². The maximum atomic E-state index is 13.5. The van der Waals surface area contributed by atoms with Gasteiger partial charge in [-0.3, -0.25) is 14.5 Å².